The summed E-state index contributed by atoms with van der Waals surface area (Å²) in [6.45, 7) is 0. The molecule has 94 valence electrons. The Morgan fingerprint density at radius 2 is 2.00 bits per heavy atom. The van der Waals surface area contributed by atoms with Crippen molar-refractivity contribution in [3.05, 3.63) is 32.1 Å². The van der Waals surface area contributed by atoms with Gasteiger partial charge in [0, 0.05) is 16.7 Å². The molecule has 0 radical (unpaired) electrons. The summed E-state index contributed by atoms with van der Waals surface area (Å²) in [5.41, 5.74) is -3.87. The van der Waals surface area contributed by atoms with Gasteiger partial charge in [-0.25, -0.2) is 17.2 Å². The maximum absolute atomic E-state index is 12.3. The molecule has 0 aromatic carbocycles. The van der Waals surface area contributed by atoms with Gasteiger partial charge in [-0.15, -0.1) is 0 Å². The van der Waals surface area contributed by atoms with Crippen LogP contribution in [0.5, 0.6) is 0 Å². The molecular formula is C6H3ClF2N2O5S. The minimum atomic E-state index is -4.61. The van der Waals surface area contributed by atoms with E-state index in [4.69, 9.17) is 10.7 Å². The maximum atomic E-state index is 12.3. The highest BCUT2D eigenvalue weighted by Crippen LogP contribution is 2.26. The van der Waals surface area contributed by atoms with Crippen molar-refractivity contribution in [1.29, 1.82) is 0 Å². The molecule has 0 fully saturated rings. The monoisotopic (exact) mass is 288 g/mol. The summed E-state index contributed by atoms with van der Waals surface area (Å²) in [5, 5.41) is 9.25. The molecule has 0 unspecified atom stereocenters. The molecule has 0 aliphatic carbocycles. The van der Waals surface area contributed by atoms with Crippen molar-refractivity contribution >= 4 is 25.4 Å². The highest BCUT2D eigenvalue weighted by atomic mass is 35.7. The number of nitro groups is 1. The SMILES string of the molecule is O=c1[nH]c(S(=O)(=O)Cl)c([N+](=O)[O-])cc1C(F)F. The molecule has 17 heavy (non-hydrogen) atoms. The van der Waals surface area contributed by atoms with Gasteiger partial charge in [0.2, 0.25) is 5.03 Å². The molecule has 0 aliphatic rings. The lowest BCUT2D eigenvalue weighted by Crippen LogP contribution is -2.17. The summed E-state index contributed by atoms with van der Waals surface area (Å²) in [4.78, 5) is 21.7. The number of H-pyrrole nitrogens is 1. The predicted octanol–water partition coefficient (Wildman–Crippen LogP) is 1.15. The van der Waals surface area contributed by atoms with Gasteiger partial charge in [0.1, 0.15) is 0 Å². The van der Waals surface area contributed by atoms with E-state index in [0.29, 0.717) is 0 Å². The summed E-state index contributed by atoms with van der Waals surface area (Å²) >= 11 is 0. The number of rotatable bonds is 3. The van der Waals surface area contributed by atoms with Gasteiger partial charge in [0.15, 0.2) is 0 Å². The van der Waals surface area contributed by atoms with Crippen molar-refractivity contribution in [2.24, 2.45) is 0 Å². The summed E-state index contributed by atoms with van der Waals surface area (Å²) in [6, 6.07) is 0.179. The van der Waals surface area contributed by atoms with Crippen molar-refractivity contribution in [2.75, 3.05) is 0 Å². The van der Waals surface area contributed by atoms with Gasteiger partial charge in [0.05, 0.1) is 10.5 Å². The lowest BCUT2D eigenvalue weighted by molar-refractivity contribution is -0.388. The predicted molar refractivity (Wildman–Crippen MR) is 51.7 cm³/mol. The number of aromatic amines is 1. The van der Waals surface area contributed by atoms with E-state index in [-0.39, 0.29) is 6.07 Å². The Bertz CT molecular complexity index is 626. The Hall–Kier alpha value is -1.55. The first-order chi connectivity index (χ1) is 7.64. The third-order valence-corrected chi connectivity index (χ3v) is 2.95. The van der Waals surface area contributed by atoms with Crippen molar-refractivity contribution in [2.45, 2.75) is 11.5 Å². The lowest BCUT2D eigenvalue weighted by atomic mass is 10.2. The van der Waals surface area contributed by atoms with Crippen LogP contribution >= 0.6 is 10.7 Å². The summed E-state index contributed by atoms with van der Waals surface area (Å²) in [7, 11) is 0.208. The Labute approximate surface area is 96.6 Å². The zero-order valence-corrected chi connectivity index (χ0v) is 9.26. The zero-order chi connectivity index (χ0) is 13.4. The maximum Gasteiger partial charge on any atom is 0.306 e. The van der Waals surface area contributed by atoms with E-state index in [1.165, 1.54) is 4.98 Å². The molecule has 11 heteroatoms. The van der Waals surface area contributed by atoms with Crippen LogP contribution in [0.4, 0.5) is 14.5 Å². The molecule has 7 nitrogen and oxygen atoms in total. The van der Waals surface area contributed by atoms with Gasteiger partial charge in [-0.3, -0.25) is 14.9 Å². The topological polar surface area (TPSA) is 110 Å². The number of halogens is 3. The first kappa shape index (κ1) is 13.5. The van der Waals surface area contributed by atoms with Crippen molar-refractivity contribution in [1.82, 2.24) is 4.98 Å². The summed E-state index contributed by atoms with van der Waals surface area (Å²) in [5.74, 6) is 0. The molecule has 0 atom stereocenters. The number of hydrogen-bond acceptors (Lipinski definition) is 5. The number of nitrogens with zero attached hydrogens (tertiary/aromatic N) is 1. The van der Waals surface area contributed by atoms with Gasteiger partial charge in [-0.05, 0) is 0 Å². The molecule has 0 saturated carbocycles. The van der Waals surface area contributed by atoms with Crippen molar-refractivity contribution in [3.8, 4) is 0 Å². The van der Waals surface area contributed by atoms with Crippen LogP contribution in [0, 0.1) is 10.1 Å². The van der Waals surface area contributed by atoms with E-state index in [0.717, 1.165) is 0 Å². The van der Waals surface area contributed by atoms with E-state index in [1.807, 2.05) is 0 Å². The normalized spacial score (nSPS) is 11.8. The molecule has 0 spiro atoms. The second-order valence-electron chi connectivity index (χ2n) is 2.76. The largest absolute Gasteiger partial charge is 0.306 e. The molecule has 0 bridgehead atoms. The fourth-order valence-electron chi connectivity index (χ4n) is 1.00. The van der Waals surface area contributed by atoms with Crippen LogP contribution in [-0.4, -0.2) is 18.3 Å². The lowest BCUT2D eigenvalue weighted by Gasteiger charge is -2.02. The zero-order valence-electron chi connectivity index (χ0n) is 7.69. The van der Waals surface area contributed by atoms with Crippen molar-refractivity contribution in [3.63, 3.8) is 0 Å². The summed E-state index contributed by atoms with van der Waals surface area (Å²) < 4.78 is 46.3. The van der Waals surface area contributed by atoms with Crippen LogP contribution in [0.2, 0.25) is 0 Å². The van der Waals surface area contributed by atoms with Crippen LogP contribution in [0.15, 0.2) is 15.9 Å². The molecule has 1 heterocycles. The number of pyridine rings is 1. The average Bonchev–Trinajstić information content (AvgIpc) is 2.14. The third kappa shape index (κ3) is 2.77. The molecule has 0 saturated heterocycles. The fourth-order valence-corrected chi connectivity index (χ4v) is 1.95. The highest BCUT2D eigenvalue weighted by Gasteiger charge is 2.29. The van der Waals surface area contributed by atoms with Gasteiger partial charge in [0.25, 0.3) is 21.0 Å². The van der Waals surface area contributed by atoms with Gasteiger partial charge in [-0.2, -0.15) is 0 Å². The average molecular weight is 289 g/mol. The van der Waals surface area contributed by atoms with E-state index in [9.17, 15) is 32.1 Å². The van der Waals surface area contributed by atoms with E-state index < -0.39 is 42.2 Å². The fraction of sp³-hybridized carbons (Fsp3) is 0.167. The first-order valence-electron chi connectivity index (χ1n) is 3.79. The number of hydrogen-bond donors (Lipinski definition) is 1. The van der Waals surface area contributed by atoms with Gasteiger partial charge in [-0.1, -0.05) is 0 Å². The van der Waals surface area contributed by atoms with Crippen LogP contribution in [-0.2, 0) is 9.05 Å². The van der Waals surface area contributed by atoms with Crippen LogP contribution < -0.4 is 5.56 Å². The van der Waals surface area contributed by atoms with E-state index >= 15 is 0 Å². The van der Waals surface area contributed by atoms with Gasteiger partial charge >= 0.3 is 5.69 Å². The minimum absolute atomic E-state index is 0.179. The Kier molecular flexibility index (Phi) is 3.48. The standard InChI is InChI=1S/C6H3ClF2N2O5S/c7-17(15,16)6-3(11(13)14)1-2(4(8)9)5(12)10-6/h1,4H,(H,10,12). The second kappa shape index (κ2) is 4.37. The molecule has 0 aliphatic heterocycles. The smallest absolute Gasteiger partial charge is 0.306 e. The van der Waals surface area contributed by atoms with Crippen LogP contribution in [0.3, 0.4) is 0 Å². The molecule has 1 aromatic rings. The quantitative estimate of drug-likeness (QED) is 0.509. The van der Waals surface area contributed by atoms with Crippen LogP contribution in [0.1, 0.15) is 12.0 Å². The number of nitrogens with one attached hydrogen (secondary N) is 1. The molecule has 1 rings (SSSR count). The van der Waals surface area contributed by atoms with E-state index in [2.05, 4.69) is 0 Å². The van der Waals surface area contributed by atoms with E-state index in [1.54, 1.807) is 0 Å². The Balaban J connectivity index is 3.71. The second-order valence-corrected chi connectivity index (χ2v) is 5.27. The third-order valence-electron chi connectivity index (χ3n) is 1.69. The molecule has 1 N–H and O–H groups in total. The Morgan fingerprint density at radius 3 is 2.35 bits per heavy atom. The van der Waals surface area contributed by atoms with Crippen molar-refractivity contribution < 1.29 is 22.1 Å². The number of alkyl halides is 2. The highest BCUT2D eigenvalue weighted by molar-refractivity contribution is 8.13. The first-order valence-corrected chi connectivity index (χ1v) is 6.10. The molecule has 0 amide bonds. The number of aromatic nitrogens is 1. The molecular weight excluding hydrogens is 286 g/mol. The minimum Gasteiger partial charge on any atom is -0.306 e. The Morgan fingerprint density at radius 1 is 1.47 bits per heavy atom. The van der Waals surface area contributed by atoms with Gasteiger partial charge < -0.3 is 4.98 Å². The van der Waals surface area contributed by atoms with Crippen LogP contribution in [0.25, 0.3) is 0 Å². The molecule has 1 aromatic heterocycles. The summed E-state index contributed by atoms with van der Waals surface area (Å²) in [6.07, 6.45) is -3.27.